The molecule has 8 nitrogen and oxygen atoms in total. The van der Waals surface area contributed by atoms with Gasteiger partial charge >= 0.3 is 16.4 Å². The first-order chi connectivity index (χ1) is 14.5. The van der Waals surface area contributed by atoms with Gasteiger partial charge in [0.05, 0.1) is 27.8 Å². The van der Waals surface area contributed by atoms with Crippen LogP contribution in [0.4, 0.5) is 13.2 Å². The van der Waals surface area contributed by atoms with Crippen LogP contribution in [0.5, 0.6) is 0 Å². The summed E-state index contributed by atoms with van der Waals surface area (Å²) in [7, 11) is 0.627. The van der Waals surface area contributed by atoms with Crippen LogP contribution in [0, 0.1) is 0 Å². The zero-order valence-electron chi connectivity index (χ0n) is 17.3. The SMILES string of the molecule is CCSc1c(-c2nc3cc(C(F)(F)F)ncc3n2C)nn(S(=O)(=O)N(C)C)c1C1CC1. The molecule has 0 atom stereocenters. The molecule has 3 heterocycles. The van der Waals surface area contributed by atoms with Crippen molar-refractivity contribution in [1.29, 1.82) is 0 Å². The highest BCUT2D eigenvalue weighted by Crippen LogP contribution is 2.48. The van der Waals surface area contributed by atoms with Gasteiger partial charge in [0.2, 0.25) is 0 Å². The molecule has 4 rings (SSSR count). The summed E-state index contributed by atoms with van der Waals surface area (Å²) in [6.45, 7) is 1.94. The molecular weight excluding hydrogens is 453 g/mol. The Balaban J connectivity index is 1.98. The summed E-state index contributed by atoms with van der Waals surface area (Å²) in [6, 6.07) is 0.890. The maximum absolute atomic E-state index is 13.1. The minimum atomic E-state index is -4.59. The second kappa shape index (κ2) is 7.48. The number of thioether (sulfide) groups is 1. The quantitative estimate of drug-likeness (QED) is 0.509. The summed E-state index contributed by atoms with van der Waals surface area (Å²) in [5, 5.41) is 4.42. The standard InChI is InChI=1S/C18H21F3N6O2S2/c1-5-30-16-14(24-27(15(16)10-6-7-10)31(28,29)25(2)3)17-23-11-8-13(18(19,20)21)22-9-12(11)26(17)4/h8-10H,5-7H2,1-4H3. The number of rotatable bonds is 6. The molecule has 0 aromatic carbocycles. The smallest absolute Gasteiger partial charge is 0.324 e. The van der Waals surface area contributed by atoms with E-state index in [2.05, 4.69) is 15.1 Å². The van der Waals surface area contributed by atoms with E-state index in [1.807, 2.05) is 6.92 Å². The summed E-state index contributed by atoms with van der Waals surface area (Å²) in [5.74, 6) is 1.03. The predicted octanol–water partition coefficient (Wildman–Crippen LogP) is 3.49. The molecular formula is C18H21F3N6O2S2. The minimum Gasteiger partial charge on any atom is -0.324 e. The van der Waals surface area contributed by atoms with Gasteiger partial charge < -0.3 is 4.57 Å². The van der Waals surface area contributed by atoms with E-state index >= 15 is 0 Å². The van der Waals surface area contributed by atoms with Crippen molar-refractivity contribution in [3.8, 4) is 11.5 Å². The highest BCUT2D eigenvalue weighted by molar-refractivity contribution is 7.99. The molecule has 3 aromatic heterocycles. The Morgan fingerprint density at radius 3 is 2.52 bits per heavy atom. The van der Waals surface area contributed by atoms with Crippen molar-refractivity contribution >= 4 is 33.0 Å². The van der Waals surface area contributed by atoms with Gasteiger partial charge in [-0.25, -0.2) is 9.97 Å². The fraction of sp³-hybridized carbons (Fsp3) is 0.500. The van der Waals surface area contributed by atoms with Crippen LogP contribution in [0.2, 0.25) is 0 Å². The van der Waals surface area contributed by atoms with Crippen LogP contribution < -0.4 is 0 Å². The predicted molar refractivity (Wildman–Crippen MR) is 111 cm³/mol. The highest BCUT2D eigenvalue weighted by Gasteiger charge is 2.38. The minimum absolute atomic E-state index is 0.0678. The van der Waals surface area contributed by atoms with Gasteiger partial charge in [-0.05, 0) is 24.7 Å². The molecule has 0 radical (unpaired) electrons. The average molecular weight is 475 g/mol. The molecule has 168 valence electrons. The Kier molecular flexibility index (Phi) is 5.33. The monoisotopic (exact) mass is 474 g/mol. The van der Waals surface area contributed by atoms with Crippen LogP contribution in [0.3, 0.4) is 0 Å². The van der Waals surface area contributed by atoms with Gasteiger partial charge in [0.1, 0.15) is 11.4 Å². The number of aryl methyl sites for hydroxylation is 1. The van der Waals surface area contributed by atoms with Gasteiger partial charge in [-0.3, -0.25) is 0 Å². The van der Waals surface area contributed by atoms with Crippen LogP contribution in [0.15, 0.2) is 17.2 Å². The first kappa shape index (κ1) is 22.1. The molecule has 0 amide bonds. The first-order valence-corrected chi connectivity index (χ1v) is 11.9. The molecule has 0 aliphatic heterocycles. The van der Waals surface area contributed by atoms with Crippen molar-refractivity contribution in [3.63, 3.8) is 0 Å². The van der Waals surface area contributed by atoms with Crippen LogP contribution in [0.1, 0.15) is 37.1 Å². The highest BCUT2D eigenvalue weighted by atomic mass is 32.2. The number of imidazole rings is 1. The van der Waals surface area contributed by atoms with Gasteiger partial charge in [0.15, 0.2) is 5.82 Å². The van der Waals surface area contributed by atoms with Crippen molar-refractivity contribution in [1.82, 2.24) is 28.0 Å². The van der Waals surface area contributed by atoms with E-state index < -0.39 is 22.1 Å². The third kappa shape index (κ3) is 3.72. The van der Waals surface area contributed by atoms with E-state index in [0.29, 0.717) is 33.4 Å². The molecule has 13 heteroatoms. The number of alkyl halides is 3. The second-order valence-electron chi connectivity index (χ2n) is 7.45. The molecule has 1 aliphatic carbocycles. The van der Waals surface area contributed by atoms with Gasteiger partial charge in [-0.15, -0.1) is 15.8 Å². The van der Waals surface area contributed by atoms with E-state index in [9.17, 15) is 21.6 Å². The third-order valence-electron chi connectivity index (χ3n) is 5.05. The Morgan fingerprint density at radius 1 is 1.29 bits per heavy atom. The van der Waals surface area contributed by atoms with Gasteiger partial charge in [0, 0.05) is 27.1 Å². The summed E-state index contributed by atoms with van der Waals surface area (Å²) >= 11 is 1.45. The topological polar surface area (TPSA) is 85.9 Å². The van der Waals surface area contributed by atoms with E-state index in [0.717, 1.165) is 33.5 Å². The first-order valence-electron chi connectivity index (χ1n) is 9.55. The number of halogens is 3. The van der Waals surface area contributed by atoms with Crippen molar-refractivity contribution < 1.29 is 21.6 Å². The summed E-state index contributed by atoms with van der Waals surface area (Å²) in [5.41, 5.74) is 0.425. The molecule has 0 unspecified atom stereocenters. The Hall–Kier alpha value is -2.12. The normalized spacial score (nSPS) is 15.4. The van der Waals surface area contributed by atoms with Crippen LogP contribution in [-0.2, 0) is 23.4 Å². The average Bonchev–Trinajstić information content (AvgIpc) is 3.38. The molecule has 1 saturated carbocycles. The molecule has 0 spiro atoms. The molecule has 3 aromatic rings. The molecule has 1 fully saturated rings. The van der Waals surface area contributed by atoms with Crippen molar-refractivity contribution in [2.45, 2.75) is 36.8 Å². The maximum Gasteiger partial charge on any atom is 0.433 e. The second-order valence-corrected chi connectivity index (χ2v) is 10.7. The Bertz CT molecular complexity index is 1260. The lowest BCUT2D eigenvalue weighted by molar-refractivity contribution is -0.141. The van der Waals surface area contributed by atoms with Crippen molar-refractivity contribution in [3.05, 3.63) is 23.7 Å². The van der Waals surface area contributed by atoms with Gasteiger partial charge in [0.25, 0.3) is 0 Å². The summed E-state index contributed by atoms with van der Waals surface area (Å²) in [6.07, 6.45) is -1.76. The van der Waals surface area contributed by atoms with Crippen LogP contribution in [-0.4, -0.2) is 56.3 Å². The molecule has 0 saturated heterocycles. The van der Waals surface area contributed by atoms with E-state index in [1.165, 1.54) is 25.9 Å². The molecule has 0 bridgehead atoms. The van der Waals surface area contributed by atoms with Gasteiger partial charge in [-0.2, -0.15) is 31.0 Å². The van der Waals surface area contributed by atoms with E-state index in [-0.39, 0.29) is 11.4 Å². The van der Waals surface area contributed by atoms with Crippen LogP contribution in [0.25, 0.3) is 22.6 Å². The van der Waals surface area contributed by atoms with Gasteiger partial charge in [-0.1, -0.05) is 6.92 Å². The number of aromatic nitrogens is 5. The van der Waals surface area contributed by atoms with E-state index in [1.54, 1.807) is 11.6 Å². The van der Waals surface area contributed by atoms with Crippen LogP contribution >= 0.6 is 11.8 Å². The van der Waals surface area contributed by atoms with Crippen molar-refractivity contribution in [2.75, 3.05) is 19.8 Å². The summed E-state index contributed by atoms with van der Waals surface area (Å²) in [4.78, 5) is 8.59. The maximum atomic E-state index is 13.1. The number of hydrogen-bond donors (Lipinski definition) is 0. The molecule has 1 aliphatic rings. The fourth-order valence-electron chi connectivity index (χ4n) is 3.32. The zero-order chi connectivity index (χ0) is 22.7. The third-order valence-corrected chi connectivity index (χ3v) is 7.66. The fourth-order valence-corrected chi connectivity index (χ4v) is 5.32. The molecule has 31 heavy (non-hydrogen) atoms. The van der Waals surface area contributed by atoms with E-state index in [4.69, 9.17) is 0 Å². The lowest BCUT2D eigenvalue weighted by Crippen LogP contribution is -2.31. The Morgan fingerprint density at radius 2 is 1.97 bits per heavy atom. The Labute approximate surface area is 181 Å². The van der Waals surface area contributed by atoms with Crippen molar-refractivity contribution in [2.24, 2.45) is 7.05 Å². The number of hydrogen-bond acceptors (Lipinski definition) is 6. The number of pyridine rings is 1. The number of fused-ring (bicyclic) bond motifs is 1. The lowest BCUT2D eigenvalue weighted by atomic mass is 10.2. The molecule has 0 N–H and O–H groups in total. The zero-order valence-corrected chi connectivity index (χ0v) is 18.9. The largest absolute Gasteiger partial charge is 0.433 e. The summed E-state index contributed by atoms with van der Waals surface area (Å²) < 4.78 is 68.9. The number of nitrogens with zero attached hydrogens (tertiary/aromatic N) is 6. The lowest BCUT2D eigenvalue weighted by Gasteiger charge is -2.14.